The summed E-state index contributed by atoms with van der Waals surface area (Å²) >= 11 is 0. The minimum atomic E-state index is 0. The Morgan fingerprint density at radius 1 is 1.30 bits per heavy atom. The van der Waals surface area contributed by atoms with Crippen molar-refractivity contribution < 1.29 is 37.4 Å². The Kier molecular flexibility index (Phi) is 16.1. The van der Waals surface area contributed by atoms with Crippen molar-refractivity contribution in [2.45, 2.75) is 41.0 Å². The fraction of sp³-hybridized carbons (Fsp3) is 0.318. The second-order valence-corrected chi connectivity index (χ2v) is 6.55. The Labute approximate surface area is 192 Å². The average Bonchev–Trinajstić information content (AvgIpc) is 2.56. The van der Waals surface area contributed by atoms with Gasteiger partial charge >= 0.3 is 0 Å². The summed E-state index contributed by atoms with van der Waals surface area (Å²) in [6.07, 6.45) is 6.64. The van der Waals surface area contributed by atoms with Crippen LogP contribution in [0.5, 0.6) is 5.75 Å². The number of benzene rings is 1. The van der Waals surface area contributed by atoms with E-state index < -0.39 is 0 Å². The summed E-state index contributed by atoms with van der Waals surface area (Å²) in [5, 5.41) is 9.01. The maximum absolute atomic E-state index is 9.01. The maximum atomic E-state index is 9.01. The quantitative estimate of drug-likeness (QED) is 0.299. The van der Waals surface area contributed by atoms with E-state index in [4.69, 9.17) is 16.6 Å². The molecule has 1 aromatic rings. The average molecular weight is 435 g/mol. The van der Waals surface area contributed by atoms with Crippen molar-refractivity contribution in [2.75, 3.05) is 0 Å². The molecule has 0 bridgehead atoms. The van der Waals surface area contributed by atoms with E-state index in [-0.39, 0.29) is 54.2 Å². The molecule has 1 aliphatic rings. The Hall–Kier alpha value is -1.61. The molecule has 0 N–H and O–H groups in total. The smallest absolute Gasteiger partial charge is 0.269 e. The monoisotopic (exact) mass is 435 g/mol. The standard InChI is InChI=1S/C15H10N2O.C6H14.CH3.B.Y/c1-3-6-11-9-13(14(10-16)17-2)12-7-4-5-8-15(12)18-11;1-5-6(2,3)4;;;/h3-9H,1H3;5H2,1-4H3;1H3;;/q;;-1;;/b6-3+,14-13-;;;;. The van der Waals surface area contributed by atoms with Crippen LogP contribution >= 0.6 is 0 Å². The summed E-state index contributed by atoms with van der Waals surface area (Å²) < 4.78 is 5.67. The molecule has 0 spiro atoms. The van der Waals surface area contributed by atoms with Crippen molar-refractivity contribution in [2.24, 2.45) is 5.41 Å². The molecule has 2 rings (SSSR count). The molecule has 0 saturated carbocycles. The molecule has 0 saturated heterocycles. The van der Waals surface area contributed by atoms with Crippen LogP contribution in [0.2, 0.25) is 0 Å². The molecule has 4 radical (unpaired) electrons. The number of nitriles is 1. The van der Waals surface area contributed by atoms with E-state index in [1.54, 1.807) is 12.2 Å². The number of para-hydroxylation sites is 1. The number of hydrogen-bond acceptors (Lipinski definition) is 2. The van der Waals surface area contributed by atoms with Crippen LogP contribution in [0.3, 0.4) is 0 Å². The first-order valence-corrected chi connectivity index (χ1v) is 7.99. The Morgan fingerprint density at radius 2 is 1.85 bits per heavy atom. The molecule has 3 nitrogen and oxygen atoms in total. The van der Waals surface area contributed by atoms with Crippen LogP contribution < -0.4 is 4.74 Å². The van der Waals surface area contributed by atoms with Gasteiger partial charge in [0.05, 0.1) is 12.6 Å². The molecule has 0 atom stereocenters. The third-order valence-electron chi connectivity index (χ3n) is 3.56. The van der Waals surface area contributed by atoms with Crippen LogP contribution in [0, 0.1) is 30.7 Å². The van der Waals surface area contributed by atoms with Gasteiger partial charge < -0.3 is 12.2 Å². The van der Waals surface area contributed by atoms with E-state index in [0.29, 0.717) is 22.5 Å². The third kappa shape index (κ3) is 9.76. The van der Waals surface area contributed by atoms with E-state index in [1.807, 2.05) is 43.3 Å². The van der Waals surface area contributed by atoms with Gasteiger partial charge in [0.2, 0.25) is 0 Å². The number of nitrogens with zero attached hydrogens (tertiary/aromatic N) is 2. The topological polar surface area (TPSA) is 37.4 Å². The van der Waals surface area contributed by atoms with Crippen molar-refractivity contribution in [1.82, 2.24) is 0 Å². The van der Waals surface area contributed by atoms with Crippen molar-refractivity contribution in [3.05, 3.63) is 78.4 Å². The second-order valence-electron chi connectivity index (χ2n) is 6.55. The zero-order valence-electron chi connectivity index (χ0n) is 17.2. The van der Waals surface area contributed by atoms with Crippen LogP contribution in [-0.4, -0.2) is 8.41 Å². The minimum absolute atomic E-state index is 0. The number of rotatable bonds is 1. The normalized spacial score (nSPS) is 13.4. The Bertz CT molecular complexity index is 744. The van der Waals surface area contributed by atoms with E-state index in [0.717, 1.165) is 5.56 Å². The molecule has 1 aromatic carbocycles. The molecule has 0 amide bonds. The van der Waals surface area contributed by atoms with E-state index in [9.17, 15) is 0 Å². The molecule has 0 aliphatic carbocycles. The largest absolute Gasteiger partial charge is 0.457 e. The zero-order valence-corrected chi connectivity index (χ0v) is 20.0. The third-order valence-corrected chi connectivity index (χ3v) is 3.56. The van der Waals surface area contributed by atoms with Gasteiger partial charge in [0.25, 0.3) is 5.70 Å². The molecule has 27 heavy (non-hydrogen) atoms. The maximum Gasteiger partial charge on any atom is 0.269 e. The van der Waals surface area contributed by atoms with Crippen molar-refractivity contribution in [1.29, 1.82) is 5.26 Å². The van der Waals surface area contributed by atoms with Gasteiger partial charge in [-0.25, -0.2) is 10.1 Å². The van der Waals surface area contributed by atoms with E-state index in [2.05, 4.69) is 32.5 Å². The Balaban J connectivity index is -0.000000564. The number of fused-ring (bicyclic) bond motifs is 1. The minimum Gasteiger partial charge on any atom is -0.457 e. The van der Waals surface area contributed by atoms with Gasteiger partial charge in [-0.05, 0) is 30.6 Å². The molecule has 1 heterocycles. The van der Waals surface area contributed by atoms with Gasteiger partial charge in [-0.2, -0.15) is 0 Å². The molecule has 138 valence electrons. The van der Waals surface area contributed by atoms with Gasteiger partial charge in [0.15, 0.2) is 0 Å². The van der Waals surface area contributed by atoms with Gasteiger partial charge in [0, 0.05) is 52.3 Å². The molecular formula is C22H27BN2OY-. The zero-order chi connectivity index (χ0) is 18.2. The van der Waals surface area contributed by atoms with Gasteiger partial charge in [-0.15, -0.1) is 0 Å². The van der Waals surface area contributed by atoms with Crippen LogP contribution in [0.4, 0.5) is 0 Å². The summed E-state index contributed by atoms with van der Waals surface area (Å²) in [7, 11) is 0. The first-order valence-electron chi connectivity index (χ1n) is 7.99. The molecule has 0 unspecified atom stereocenters. The molecule has 5 heteroatoms. The van der Waals surface area contributed by atoms with Crippen LogP contribution in [0.1, 0.15) is 46.6 Å². The molecular weight excluding hydrogens is 408 g/mol. The first kappa shape index (κ1) is 30.1. The predicted octanol–water partition coefficient (Wildman–Crippen LogP) is 6.20. The van der Waals surface area contributed by atoms with Crippen molar-refractivity contribution >= 4 is 14.0 Å². The fourth-order valence-electron chi connectivity index (χ4n) is 1.74. The van der Waals surface area contributed by atoms with Crippen LogP contribution in [0.25, 0.3) is 10.4 Å². The van der Waals surface area contributed by atoms with Gasteiger partial charge in [-0.1, -0.05) is 58.4 Å². The summed E-state index contributed by atoms with van der Waals surface area (Å²) in [6, 6.07) is 9.31. The van der Waals surface area contributed by atoms with Crippen LogP contribution in [-0.2, 0) is 32.7 Å². The number of ether oxygens (including phenoxy) is 1. The molecule has 1 aliphatic heterocycles. The summed E-state index contributed by atoms with van der Waals surface area (Å²) in [5.74, 6) is 1.29. The summed E-state index contributed by atoms with van der Waals surface area (Å²) in [5.41, 5.74) is 2.01. The molecule has 0 fully saturated rings. The van der Waals surface area contributed by atoms with Gasteiger partial charge in [-0.3, -0.25) is 0 Å². The summed E-state index contributed by atoms with van der Waals surface area (Å²) in [4.78, 5) is 3.27. The fourth-order valence-corrected chi connectivity index (χ4v) is 1.74. The van der Waals surface area contributed by atoms with Crippen molar-refractivity contribution in [3.8, 4) is 11.8 Å². The van der Waals surface area contributed by atoms with Crippen LogP contribution in [0.15, 0.2) is 53.9 Å². The van der Waals surface area contributed by atoms with Gasteiger partial charge in [0.1, 0.15) is 11.5 Å². The first-order chi connectivity index (χ1) is 11.4. The number of hydrogen-bond donors (Lipinski definition) is 0. The number of allylic oxidation sites excluding steroid dienone is 5. The van der Waals surface area contributed by atoms with E-state index in [1.165, 1.54) is 6.42 Å². The molecule has 0 aromatic heterocycles. The second kappa shape index (κ2) is 14.4. The predicted molar refractivity (Wildman–Crippen MR) is 111 cm³/mol. The van der Waals surface area contributed by atoms with Crippen molar-refractivity contribution in [3.63, 3.8) is 0 Å². The summed E-state index contributed by atoms with van der Waals surface area (Å²) in [6.45, 7) is 17.9. The van der Waals surface area contributed by atoms with E-state index >= 15 is 0 Å². The SMILES string of the molecule is CCC(C)(C)C.[B].[C-]#[N+]/C(C#N)=C1/C=C(/C=C/C)Oc2ccccc21.[CH3-].[Y]. The Morgan fingerprint density at radius 3 is 2.30 bits per heavy atom.